The zero-order valence-corrected chi connectivity index (χ0v) is 52.8. The van der Waals surface area contributed by atoms with E-state index in [4.69, 9.17) is 9.05 Å². The van der Waals surface area contributed by atoms with Gasteiger partial charge < -0.3 is 28.8 Å². The molecule has 0 bridgehead atoms. The minimum atomic E-state index is -4.60. The maximum Gasteiger partial charge on any atom is 0.268 e. The molecule has 0 aromatic heterocycles. The van der Waals surface area contributed by atoms with Crippen molar-refractivity contribution in [2.24, 2.45) is 0 Å². The third kappa shape index (κ3) is 61.9. The van der Waals surface area contributed by atoms with E-state index in [-0.39, 0.29) is 19.1 Å². The Morgan fingerprint density at radius 1 is 0.455 bits per heavy atom. The average molecular weight is 1100 g/mol. The lowest BCUT2D eigenvalue weighted by Gasteiger charge is -2.29. The SMILES string of the molecule is CCCCCCC/C=C\C/C=C\C/C=C\CCCCCCCCCCCCCCCCCCCCCCC(=O)NC(COP(=O)([O-])OCC[N+](C)(C)C)C(O)/C=C/CCCCCCCCCCCCCCCCCCCC. The van der Waals surface area contributed by atoms with E-state index in [1.54, 1.807) is 6.08 Å². The minimum Gasteiger partial charge on any atom is -0.756 e. The molecule has 0 aliphatic heterocycles. The van der Waals surface area contributed by atoms with Crippen LogP contribution in [0.5, 0.6) is 0 Å². The number of allylic oxidation sites excluding steroid dienone is 7. The van der Waals surface area contributed by atoms with Gasteiger partial charge in [0.25, 0.3) is 7.82 Å². The highest BCUT2D eigenvalue weighted by molar-refractivity contribution is 7.45. The van der Waals surface area contributed by atoms with Crippen LogP contribution in [0.4, 0.5) is 0 Å². The Morgan fingerprint density at radius 3 is 1.09 bits per heavy atom. The number of unbranched alkanes of at least 4 members (excludes halogenated alkanes) is 43. The predicted octanol–water partition coefficient (Wildman–Crippen LogP) is 20.4. The van der Waals surface area contributed by atoms with E-state index in [1.807, 2.05) is 27.2 Å². The van der Waals surface area contributed by atoms with Crippen molar-refractivity contribution >= 4 is 13.7 Å². The van der Waals surface area contributed by atoms with Gasteiger partial charge in [-0.05, 0) is 57.8 Å². The van der Waals surface area contributed by atoms with Crippen molar-refractivity contribution in [3.8, 4) is 0 Å². The van der Waals surface area contributed by atoms with Crippen molar-refractivity contribution < 1.29 is 32.9 Å². The number of hydrogen-bond acceptors (Lipinski definition) is 6. The van der Waals surface area contributed by atoms with E-state index in [2.05, 4.69) is 55.6 Å². The molecule has 0 saturated carbocycles. The number of hydrogen-bond donors (Lipinski definition) is 2. The van der Waals surface area contributed by atoms with Gasteiger partial charge in [-0.1, -0.05) is 313 Å². The van der Waals surface area contributed by atoms with Crippen molar-refractivity contribution in [1.82, 2.24) is 5.32 Å². The Bertz CT molecular complexity index is 1390. The monoisotopic (exact) mass is 1100 g/mol. The molecule has 0 aromatic rings. The van der Waals surface area contributed by atoms with Gasteiger partial charge in [-0.15, -0.1) is 0 Å². The second kappa shape index (κ2) is 59.1. The number of carbonyl (C=O) groups excluding carboxylic acids is 1. The predicted molar refractivity (Wildman–Crippen MR) is 334 cm³/mol. The lowest BCUT2D eigenvalue weighted by molar-refractivity contribution is -0.870. The molecule has 0 saturated heterocycles. The van der Waals surface area contributed by atoms with E-state index in [0.717, 1.165) is 51.4 Å². The van der Waals surface area contributed by atoms with Crippen LogP contribution in [-0.2, 0) is 18.4 Å². The molecule has 0 spiro atoms. The van der Waals surface area contributed by atoms with E-state index in [0.29, 0.717) is 17.4 Å². The number of nitrogens with one attached hydrogen (secondary N) is 1. The molecule has 0 radical (unpaired) electrons. The van der Waals surface area contributed by atoms with Crippen molar-refractivity contribution in [1.29, 1.82) is 0 Å². The quantitative estimate of drug-likeness (QED) is 0.0272. The molecule has 9 heteroatoms. The van der Waals surface area contributed by atoms with Gasteiger partial charge in [0, 0.05) is 6.42 Å². The normalized spacial score (nSPS) is 14.0. The smallest absolute Gasteiger partial charge is 0.268 e. The van der Waals surface area contributed by atoms with Gasteiger partial charge >= 0.3 is 0 Å². The Kier molecular flexibility index (Phi) is 57.9. The summed E-state index contributed by atoms with van der Waals surface area (Å²) in [7, 11) is 1.27. The number of aliphatic hydroxyl groups excluding tert-OH is 1. The van der Waals surface area contributed by atoms with Gasteiger partial charge in [0.2, 0.25) is 5.91 Å². The van der Waals surface area contributed by atoms with Gasteiger partial charge in [0.05, 0.1) is 39.9 Å². The first kappa shape index (κ1) is 75.5. The maximum absolute atomic E-state index is 13.0. The summed E-state index contributed by atoms with van der Waals surface area (Å²) in [4.78, 5) is 25.6. The van der Waals surface area contributed by atoms with Crippen LogP contribution in [0.25, 0.3) is 0 Å². The first-order valence-electron chi connectivity index (χ1n) is 33.5. The molecule has 0 rings (SSSR count). The molecule has 3 atom stereocenters. The zero-order chi connectivity index (χ0) is 56.3. The first-order valence-corrected chi connectivity index (χ1v) is 35.0. The molecule has 0 aliphatic rings. The number of nitrogens with zero attached hydrogens (tertiary/aromatic N) is 1. The third-order valence-corrected chi connectivity index (χ3v) is 16.2. The molecular weight excluding hydrogens is 972 g/mol. The molecule has 0 aliphatic carbocycles. The van der Waals surface area contributed by atoms with Crippen LogP contribution in [-0.4, -0.2) is 68.5 Å². The highest BCUT2D eigenvalue weighted by Gasteiger charge is 2.23. The van der Waals surface area contributed by atoms with E-state index < -0.39 is 20.0 Å². The van der Waals surface area contributed by atoms with Crippen LogP contribution in [0.3, 0.4) is 0 Å². The molecule has 0 fully saturated rings. The van der Waals surface area contributed by atoms with E-state index in [1.165, 1.54) is 257 Å². The second-order valence-corrected chi connectivity index (χ2v) is 25.6. The van der Waals surface area contributed by atoms with Crippen molar-refractivity contribution in [3.63, 3.8) is 0 Å². The number of phosphoric acid groups is 1. The number of carbonyl (C=O) groups is 1. The number of quaternary nitrogens is 1. The Balaban J connectivity index is 4.02. The fourth-order valence-corrected chi connectivity index (χ4v) is 10.8. The molecule has 77 heavy (non-hydrogen) atoms. The molecule has 454 valence electrons. The fourth-order valence-electron chi connectivity index (χ4n) is 10.0. The van der Waals surface area contributed by atoms with Gasteiger partial charge in [0.1, 0.15) is 13.2 Å². The van der Waals surface area contributed by atoms with Gasteiger partial charge in [-0.25, -0.2) is 0 Å². The van der Waals surface area contributed by atoms with Crippen LogP contribution in [0.1, 0.15) is 328 Å². The molecular formula is C68H131N2O6P. The highest BCUT2D eigenvalue weighted by Crippen LogP contribution is 2.38. The summed E-state index contributed by atoms with van der Waals surface area (Å²) in [5.74, 6) is -0.192. The van der Waals surface area contributed by atoms with Crippen LogP contribution >= 0.6 is 7.82 Å². The topological polar surface area (TPSA) is 108 Å². The number of rotatable bonds is 62. The van der Waals surface area contributed by atoms with Gasteiger partial charge in [-0.3, -0.25) is 9.36 Å². The highest BCUT2D eigenvalue weighted by atomic mass is 31.2. The van der Waals surface area contributed by atoms with Crippen LogP contribution in [0, 0.1) is 0 Å². The Hall–Kier alpha value is -1.54. The number of likely N-dealkylation sites (N-methyl/N-ethyl adjacent to an activating group) is 1. The zero-order valence-electron chi connectivity index (χ0n) is 51.9. The molecule has 2 N–H and O–H groups in total. The van der Waals surface area contributed by atoms with Gasteiger partial charge in [0.15, 0.2) is 0 Å². The summed E-state index contributed by atoms with van der Waals surface area (Å²) in [6.07, 6.45) is 79.3. The maximum atomic E-state index is 13.0. The van der Waals surface area contributed by atoms with Crippen molar-refractivity contribution in [3.05, 3.63) is 48.6 Å². The summed E-state index contributed by atoms with van der Waals surface area (Å²) in [5, 5.41) is 13.9. The number of aliphatic hydroxyl groups is 1. The average Bonchev–Trinajstić information content (AvgIpc) is 3.39. The first-order chi connectivity index (χ1) is 37.5. The van der Waals surface area contributed by atoms with Crippen LogP contribution in [0.15, 0.2) is 48.6 Å². The standard InChI is InChI=1S/C68H131N2O6P/c1-6-8-10-12-14-16-18-20-22-24-26-28-29-30-31-32-33-34-35-36-37-38-39-40-41-42-44-46-48-50-52-54-56-58-60-62-68(72)69-66(65-76-77(73,74)75-64-63-70(3,4)5)67(71)61-59-57-55-53-51-49-47-45-43-27-25-23-21-19-17-15-13-11-9-7-2/h18,20,24,26,29-30,59,61,66-67,71H,6-17,19,21-23,25,27-28,31-58,60,62-65H2,1-5H3,(H-,69,72,73,74)/b20-18-,26-24-,30-29-,61-59+. The van der Waals surface area contributed by atoms with Crippen LogP contribution < -0.4 is 10.2 Å². The van der Waals surface area contributed by atoms with Gasteiger partial charge in [-0.2, -0.15) is 0 Å². The molecule has 8 nitrogen and oxygen atoms in total. The summed E-state index contributed by atoms with van der Waals surface area (Å²) in [6.45, 7) is 4.68. The van der Waals surface area contributed by atoms with E-state index in [9.17, 15) is 19.4 Å². The summed E-state index contributed by atoms with van der Waals surface area (Å²) in [5.41, 5.74) is 0. The number of amides is 1. The molecule has 0 heterocycles. The third-order valence-electron chi connectivity index (χ3n) is 15.3. The van der Waals surface area contributed by atoms with Crippen molar-refractivity contribution in [2.45, 2.75) is 341 Å². The minimum absolute atomic E-state index is 0.000328. The molecule has 3 unspecified atom stereocenters. The van der Waals surface area contributed by atoms with E-state index >= 15 is 0 Å². The largest absolute Gasteiger partial charge is 0.756 e. The lowest BCUT2D eigenvalue weighted by atomic mass is 10.0. The molecule has 0 aromatic carbocycles. The fraction of sp³-hybridized carbons (Fsp3) is 0.868. The summed E-state index contributed by atoms with van der Waals surface area (Å²) >= 11 is 0. The number of phosphoric ester groups is 1. The lowest BCUT2D eigenvalue weighted by Crippen LogP contribution is -2.45. The second-order valence-electron chi connectivity index (χ2n) is 24.2. The Morgan fingerprint density at radius 2 is 0.753 bits per heavy atom. The van der Waals surface area contributed by atoms with Crippen molar-refractivity contribution in [2.75, 3.05) is 40.9 Å². The van der Waals surface area contributed by atoms with Crippen LogP contribution in [0.2, 0.25) is 0 Å². The molecule has 1 amide bonds. The summed E-state index contributed by atoms with van der Waals surface area (Å²) < 4.78 is 23.4. The summed E-state index contributed by atoms with van der Waals surface area (Å²) in [6, 6.07) is -0.887. The Labute approximate surface area is 479 Å².